The normalized spacial score (nSPS) is 16.9. The highest BCUT2D eigenvalue weighted by Crippen LogP contribution is 2.33. The molecular formula is C23H25N5O3S. The second kappa shape index (κ2) is 8.66. The largest absolute Gasteiger partial charge is 0.497 e. The number of methoxy groups -OCH3 is 2. The number of nitrogens with one attached hydrogen (secondary N) is 1. The van der Waals surface area contributed by atoms with E-state index in [1.165, 1.54) is 16.8 Å². The van der Waals surface area contributed by atoms with E-state index in [1.807, 2.05) is 38.1 Å². The van der Waals surface area contributed by atoms with Gasteiger partial charge in [0, 0.05) is 17.5 Å². The molecule has 166 valence electrons. The molecule has 0 saturated carbocycles. The highest BCUT2D eigenvalue weighted by molar-refractivity contribution is 8.26. The maximum Gasteiger partial charge on any atom is 0.283 e. The predicted molar refractivity (Wildman–Crippen MR) is 128 cm³/mol. The highest BCUT2D eigenvalue weighted by atomic mass is 32.2. The summed E-state index contributed by atoms with van der Waals surface area (Å²) in [4.78, 5) is 16.9. The Bertz CT molecular complexity index is 1210. The Balaban J connectivity index is 1.74. The number of nitrogens with zero attached hydrogens (tertiary/aromatic N) is 4. The number of aliphatic imine (C=N–C) groups is 1. The molecule has 3 heterocycles. The molecule has 2 aromatic rings. The molecule has 32 heavy (non-hydrogen) atoms. The van der Waals surface area contributed by atoms with Gasteiger partial charge in [-0.05, 0) is 68.3 Å². The summed E-state index contributed by atoms with van der Waals surface area (Å²) in [6.07, 6.45) is 3.46. The van der Waals surface area contributed by atoms with Crippen LogP contribution in [0.1, 0.15) is 36.7 Å². The quantitative estimate of drug-likeness (QED) is 0.652. The number of thioether (sulfide) groups is 1. The van der Waals surface area contributed by atoms with Gasteiger partial charge in [0.15, 0.2) is 5.84 Å². The van der Waals surface area contributed by atoms with Crippen LogP contribution in [0, 0.1) is 19.3 Å². The summed E-state index contributed by atoms with van der Waals surface area (Å²) in [7, 11) is 3.23. The first-order chi connectivity index (χ1) is 15.4. The molecule has 2 aliphatic rings. The maximum atomic E-state index is 12.7. The van der Waals surface area contributed by atoms with Crippen LogP contribution in [-0.4, -0.2) is 45.7 Å². The number of hydrogen-bond donors (Lipinski definition) is 1. The number of benzene rings is 1. The van der Waals surface area contributed by atoms with Crippen molar-refractivity contribution in [2.45, 2.75) is 33.6 Å². The van der Waals surface area contributed by atoms with Gasteiger partial charge in [-0.1, -0.05) is 6.92 Å². The first-order valence-corrected chi connectivity index (χ1v) is 11.1. The van der Waals surface area contributed by atoms with E-state index < -0.39 is 5.91 Å². The Morgan fingerprint density at radius 1 is 1.19 bits per heavy atom. The van der Waals surface area contributed by atoms with Crippen LogP contribution in [0.4, 0.5) is 0 Å². The summed E-state index contributed by atoms with van der Waals surface area (Å²) in [6, 6.07) is 7.63. The minimum absolute atomic E-state index is 0.0467. The number of hydrazone groups is 1. The van der Waals surface area contributed by atoms with Crippen LogP contribution < -0.4 is 9.47 Å². The van der Waals surface area contributed by atoms with Gasteiger partial charge in [0.25, 0.3) is 5.91 Å². The minimum atomic E-state index is -0.423. The third-order valence-electron chi connectivity index (χ3n) is 5.36. The lowest BCUT2D eigenvalue weighted by Crippen LogP contribution is -2.35. The van der Waals surface area contributed by atoms with Crippen LogP contribution in [0.3, 0.4) is 0 Å². The van der Waals surface area contributed by atoms with Crippen molar-refractivity contribution in [1.82, 2.24) is 9.58 Å². The Kier molecular flexibility index (Phi) is 5.92. The highest BCUT2D eigenvalue weighted by Gasteiger charge is 2.35. The fourth-order valence-electron chi connectivity index (χ4n) is 3.78. The second-order valence-corrected chi connectivity index (χ2v) is 8.50. The number of ether oxygens (including phenoxy) is 2. The van der Waals surface area contributed by atoms with Crippen molar-refractivity contribution in [2.24, 2.45) is 10.1 Å². The summed E-state index contributed by atoms with van der Waals surface area (Å²) in [6.45, 7) is 6.02. The van der Waals surface area contributed by atoms with Crippen LogP contribution in [-0.2, 0) is 4.79 Å². The Labute approximate surface area is 191 Å². The van der Waals surface area contributed by atoms with Crippen LogP contribution in [0.15, 0.2) is 39.9 Å². The number of aromatic nitrogens is 1. The fourth-order valence-corrected chi connectivity index (χ4v) is 4.76. The predicted octanol–water partition coefficient (Wildman–Crippen LogP) is 4.53. The zero-order valence-electron chi connectivity index (χ0n) is 18.7. The third kappa shape index (κ3) is 3.73. The van der Waals surface area contributed by atoms with E-state index in [-0.39, 0.29) is 11.4 Å². The van der Waals surface area contributed by atoms with Crippen molar-refractivity contribution < 1.29 is 14.3 Å². The fraction of sp³-hybridized carbons (Fsp3) is 0.304. The number of amidine groups is 2. The van der Waals surface area contributed by atoms with Gasteiger partial charge in [-0.25, -0.2) is 0 Å². The van der Waals surface area contributed by atoms with E-state index in [9.17, 15) is 4.79 Å². The van der Waals surface area contributed by atoms with Crippen molar-refractivity contribution in [2.75, 3.05) is 14.2 Å². The molecule has 0 fully saturated rings. The van der Waals surface area contributed by atoms with Gasteiger partial charge < -0.3 is 14.0 Å². The van der Waals surface area contributed by atoms with Crippen molar-refractivity contribution in [3.05, 3.63) is 46.8 Å². The number of hydrogen-bond acceptors (Lipinski definition) is 6. The number of fused-ring (bicyclic) bond motifs is 1. The zero-order valence-corrected chi connectivity index (χ0v) is 19.5. The average molecular weight is 452 g/mol. The second-order valence-electron chi connectivity index (χ2n) is 7.46. The van der Waals surface area contributed by atoms with Gasteiger partial charge in [0.05, 0.1) is 25.5 Å². The minimum Gasteiger partial charge on any atom is -0.497 e. The van der Waals surface area contributed by atoms with Gasteiger partial charge in [0.2, 0.25) is 5.17 Å². The summed E-state index contributed by atoms with van der Waals surface area (Å²) in [5, 5.41) is 15.8. The standard InChI is InChI=1S/C23H25N5O3S/c1-6-7-20-26-28-21(24)17(22(29)25-23(28)32-20)11-15-10-13(2)27(14(15)3)18-9-8-16(30-4)12-19(18)31-5/h8-12,24H,6-7H2,1-5H3. The van der Waals surface area contributed by atoms with Crippen molar-refractivity contribution >= 4 is 39.8 Å². The van der Waals surface area contributed by atoms with E-state index in [4.69, 9.17) is 14.9 Å². The molecule has 0 aliphatic carbocycles. The van der Waals surface area contributed by atoms with Gasteiger partial charge in [-0.15, -0.1) is 0 Å². The number of aryl methyl sites for hydroxylation is 1. The molecule has 0 radical (unpaired) electrons. The summed E-state index contributed by atoms with van der Waals surface area (Å²) < 4.78 is 12.9. The molecule has 0 bridgehead atoms. The van der Waals surface area contributed by atoms with Gasteiger partial charge in [0.1, 0.15) is 16.5 Å². The van der Waals surface area contributed by atoms with Gasteiger partial charge in [-0.3, -0.25) is 10.2 Å². The SMILES string of the molecule is CCCC1=NN2C(=N)C(=Cc3cc(C)n(-c4ccc(OC)cc4OC)c3C)C(=O)N=C2S1. The van der Waals surface area contributed by atoms with E-state index in [0.717, 1.165) is 40.5 Å². The number of amides is 1. The summed E-state index contributed by atoms with van der Waals surface area (Å²) in [5.41, 5.74) is 3.80. The van der Waals surface area contributed by atoms with Gasteiger partial charge >= 0.3 is 0 Å². The molecule has 0 unspecified atom stereocenters. The topological polar surface area (TPSA) is 92.3 Å². The molecule has 0 spiro atoms. The van der Waals surface area contributed by atoms with Crippen LogP contribution in [0.2, 0.25) is 0 Å². The molecule has 1 N–H and O–H groups in total. The number of rotatable bonds is 6. The van der Waals surface area contributed by atoms with Crippen molar-refractivity contribution in [3.63, 3.8) is 0 Å². The first-order valence-electron chi connectivity index (χ1n) is 10.3. The molecule has 4 rings (SSSR count). The van der Waals surface area contributed by atoms with Crippen LogP contribution in [0.25, 0.3) is 11.8 Å². The number of carbonyl (C=O) groups is 1. The average Bonchev–Trinajstić information content (AvgIpc) is 3.30. The molecule has 0 atom stereocenters. The molecule has 1 aromatic carbocycles. The zero-order chi connectivity index (χ0) is 23.0. The smallest absolute Gasteiger partial charge is 0.283 e. The molecule has 9 heteroatoms. The Morgan fingerprint density at radius 2 is 1.97 bits per heavy atom. The molecule has 8 nitrogen and oxygen atoms in total. The Hall–Kier alpha value is -3.33. The van der Waals surface area contributed by atoms with Crippen molar-refractivity contribution in [3.8, 4) is 17.2 Å². The van der Waals surface area contributed by atoms with Gasteiger partial charge in [-0.2, -0.15) is 15.1 Å². The lowest BCUT2D eigenvalue weighted by Gasteiger charge is -2.20. The van der Waals surface area contributed by atoms with E-state index >= 15 is 0 Å². The maximum absolute atomic E-state index is 12.7. The van der Waals surface area contributed by atoms with E-state index in [0.29, 0.717) is 16.7 Å². The number of carbonyl (C=O) groups excluding carboxylic acids is 1. The van der Waals surface area contributed by atoms with Crippen molar-refractivity contribution in [1.29, 1.82) is 5.41 Å². The van der Waals surface area contributed by atoms with Crippen LogP contribution >= 0.6 is 11.8 Å². The molecule has 1 aromatic heterocycles. The van der Waals surface area contributed by atoms with Crippen LogP contribution in [0.5, 0.6) is 11.5 Å². The molecule has 1 amide bonds. The Morgan fingerprint density at radius 3 is 2.66 bits per heavy atom. The molecule has 2 aliphatic heterocycles. The molecule has 0 saturated heterocycles. The first kappa shape index (κ1) is 21.9. The third-order valence-corrected chi connectivity index (χ3v) is 6.33. The van der Waals surface area contributed by atoms with E-state index in [2.05, 4.69) is 21.6 Å². The lowest BCUT2D eigenvalue weighted by molar-refractivity contribution is -0.114. The van der Waals surface area contributed by atoms with E-state index in [1.54, 1.807) is 20.3 Å². The molecular weight excluding hydrogens is 426 g/mol. The lowest BCUT2D eigenvalue weighted by atomic mass is 10.1. The summed E-state index contributed by atoms with van der Waals surface area (Å²) >= 11 is 1.36. The monoisotopic (exact) mass is 451 g/mol. The summed E-state index contributed by atoms with van der Waals surface area (Å²) in [5.74, 6) is 1.00.